The lowest BCUT2D eigenvalue weighted by Gasteiger charge is -2.08. The molecule has 20 heavy (non-hydrogen) atoms. The molecule has 3 aromatic rings. The van der Waals surface area contributed by atoms with Gasteiger partial charge in [-0.15, -0.1) is 0 Å². The second kappa shape index (κ2) is 5.02. The molecule has 0 spiro atoms. The first kappa shape index (κ1) is 13.3. The molecule has 0 unspecified atom stereocenters. The van der Waals surface area contributed by atoms with Crippen molar-refractivity contribution in [2.24, 2.45) is 0 Å². The van der Waals surface area contributed by atoms with Crippen molar-refractivity contribution in [1.82, 2.24) is 14.5 Å². The molecular weight excluding hydrogens is 393 g/mol. The molecule has 5 nitrogen and oxygen atoms in total. The van der Waals surface area contributed by atoms with Crippen LogP contribution in [0.5, 0.6) is 0 Å². The number of nitrogens with zero attached hydrogens (tertiary/aromatic N) is 2. The molecule has 2 heterocycles. The van der Waals surface area contributed by atoms with Gasteiger partial charge in [-0.2, -0.15) is 0 Å². The van der Waals surface area contributed by atoms with Crippen LogP contribution in [0.25, 0.3) is 16.6 Å². The van der Waals surface area contributed by atoms with E-state index in [1.54, 1.807) is 24.3 Å². The third-order valence-corrected chi connectivity index (χ3v) is 3.82. The van der Waals surface area contributed by atoms with Crippen molar-refractivity contribution in [2.45, 2.75) is 0 Å². The second-order valence-corrected chi connectivity index (χ2v) is 5.74. The number of pyridine rings is 1. The largest absolute Gasteiger partial charge is 0.333 e. The first-order valence-electron chi connectivity index (χ1n) is 5.62. The molecule has 0 saturated heterocycles. The molecule has 0 amide bonds. The predicted molar refractivity (Wildman–Crippen MR) is 85.7 cm³/mol. The van der Waals surface area contributed by atoms with Gasteiger partial charge in [0.05, 0.1) is 21.6 Å². The summed E-state index contributed by atoms with van der Waals surface area (Å²) in [4.78, 5) is 31.1. The van der Waals surface area contributed by atoms with Crippen LogP contribution < -0.4 is 11.2 Å². The Hall–Kier alpha value is -1.67. The summed E-state index contributed by atoms with van der Waals surface area (Å²) >= 11 is 8.23. The molecule has 0 atom stereocenters. The van der Waals surface area contributed by atoms with Gasteiger partial charge in [-0.05, 0) is 46.9 Å². The van der Waals surface area contributed by atoms with Gasteiger partial charge in [0.1, 0.15) is 0 Å². The monoisotopic (exact) mass is 399 g/mol. The van der Waals surface area contributed by atoms with E-state index in [0.717, 1.165) is 8.14 Å². The van der Waals surface area contributed by atoms with Crippen LogP contribution in [0.4, 0.5) is 0 Å². The molecular formula is C13H7ClIN3O2. The highest BCUT2D eigenvalue weighted by Gasteiger charge is 2.12. The molecule has 0 aliphatic heterocycles. The Balaban J connectivity index is 2.43. The van der Waals surface area contributed by atoms with E-state index in [-0.39, 0.29) is 0 Å². The third-order valence-electron chi connectivity index (χ3n) is 2.85. The van der Waals surface area contributed by atoms with Crippen LogP contribution in [-0.4, -0.2) is 14.5 Å². The highest BCUT2D eigenvalue weighted by atomic mass is 127. The lowest BCUT2D eigenvalue weighted by molar-refractivity contribution is 0.899. The van der Waals surface area contributed by atoms with Gasteiger partial charge >= 0.3 is 5.69 Å². The Morgan fingerprint density at radius 1 is 1.25 bits per heavy atom. The Bertz CT molecular complexity index is 933. The van der Waals surface area contributed by atoms with Crippen molar-refractivity contribution in [1.29, 1.82) is 0 Å². The second-order valence-electron chi connectivity index (χ2n) is 4.09. The minimum atomic E-state index is -0.531. The molecule has 0 saturated carbocycles. The van der Waals surface area contributed by atoms with Crippen LogP contribution in [0.1, 0.15) is 0 Å². The SMILES string of the molecule is O=c1[nH]c2ccncc2c(=O)n1-c1ccc(I)cc1Cl. The fourth-order valence-corrected chi connectivity index (χ4v) is 2.88. The Morgan fingerprint density at radius 2 is 2.05 bits per heavy atom. The minimum Gasteiger partial charge on any atom is -0.306 e. The van der Waals surface area contributed by atoms with E-state index in [0.29, 0.717) is 21.6 Å². The normalized spacial score (nSPS) is 10.9. The topological polar surface area (TPSA) is 67.8 Å². The van der Waals surface area contributed by atoms with Gasteiger partial charge in [-0.1, -0.05) is 11.6 Å². The summed E-state index contributed by atoms with van der Waals surface area (Å²) in [5.74, 6) is 0. The average Bonchev–Trinajstić information content (AvgIpc) is 2.41. The first-order chi connectivity index (χ1) is 9.58. The van der Waals surface area contributed by atoms with Gasteiger partial charge in [0.15, 0.2) is 0 Å². The van der Waals surface area contributed by atoms with E-state index in [4.69, 9.17) is 11.6 Å². The standard InChI is InChI=1S/C13H7ClIN3O2/c14-9-5-7(15)1-2-11(9)18-12(19)8-6-16-4-3-10(8)17-13(18)20/h1-6H,(H,17,20). The number of nitrogens with one attached hydrogen (secondary N) is 1. The van der Waals surface area contributed by atoms with E-state index in [1.807, 2.05) is 0 Å². The number of aromatic amines is 1. The number of aromatic nitrogens is 3. The molecule has 3 rings (SSSR count). The zero-order valence-electron chi connectivity index (χ0n) is 9.93. The van der Waals surface area contributed by atoms with E-state index in [1.165, 1.54) is 12.4 Å². The molecule has 0 bridgehead atoms. The van der Waals surface area contributed by atoms with Crippen molar-refractivity contribution < 1.29 is 0 Å². The van der Waals surface area contributed by atoms with Gasteiger partial charge in [0.2, 0.25) is 0 Å². The Labute approximate surface area is 131 Å². The van der Waals surface area contributed by atoms with Crippen molar-refractivity contribution in [2.75, 3.05) is 0 Å². The fraction of sp³-hybridized carbons (Fsp3) is 0. The van der Waals surface area contributed by atoms with Gasteiger partial charge in [-0.25, -0.2) is 9.36 Å². The number of benzene rings is 1. The average molecular weight is 400 g/mol. The van der Waals surface area contributed by atoms with Gasteiger partial charge in [0.25, 0.3) is 5.56 Å². The first-order valence-corrected chi connectivity index (χ1v) is 7.08. The lowest BCUT2D eigenvalue weighted by atomic mass is 10.3. The molecule has 0 aliphatic rings. The summed E-state index contributed by atoms with van der Waals surface area (Å²) in [5.41, 5.74) is -0.172. The van der Waals surface area contributed by atoms with E-state index in [2.05, 4.69) is 32.6 Å². The Kier molecular flexibility index (Phi) is 3.35. The van der Waals surface area contributed by atoms with Crippen LogP contribution in [0.15, 0.2) is 46.2 Å². The maximum absolute atomic E-state index is 12.4. The molecule has 0 radical (unpaired) electrons. The smallest absolute Gasteiger partial charge is 0.306 e. The van der Waals surface area contributed by atoms with Crippen LogP contribution in [0.3, 0.4) is 0 Å². The third kappa shape index (κ3) is 2.14. The highest BCUT2D eigenvalue weighted by Crippen LogP contribution is 2.21. The molecule has 0 fully saturated rings. The number of rotatable bonds is 1. The molecule has 7 heteroatoms. The van der Waals surface area contributed by atoms with E-state index in [9.17, 15) is 9.59 Å². The summed E-state index contributed by atoms with van der Waals surface area (Å²) in [6, 6.07) is 6.69. The maximum Gasteiger partial charge on any atom is 0.333 e. The number of fused-ring (bicyclic) bond motifs is 1. The number of hydrogen-bond donors (Lipinski definition) is 1. The summed E-state index contributed by atoms with van der Waals surface area (Å²) in [6.45, 7) is 0. The minimum absolute atomic E-state index is 0.335. The molecule has 1 aromatic carbocycles. The summed E-state index contributed by atoms with van der Waals surface area (Å²) in [5, 5.41) is 0.675. The molecule has 100 valence electrons. The molecule has 2 aromatic heterocycles. The van der Waals surface area contributed by atoms with Crippen LogP contribution in [-0.2, 0) is 0 Å². The Morgan fingerprint density at radius 3 is 2.80 bits per heavy atom. The summed E-state index contributed by atoms with van der Waals surface area (Å²) in [7, 11) is 0. The molecule has 0 aliphatic carbocycles. The van der Waals surface area contributed by atoms with E-state index < -0.39 is 11.2 Å². The van der Waals surface area contributed by atoms with Gasteiger partial charge < -0.3 is 4.98 Å². The zero-order valence-corrected chi connectivity index (χ0v) is 12.8. The molecule has 1 N–H and O–H groups in total. The van der Waals surface area contributed by atoms with Gasteiger partial charge in [0, 0.05) is 16.0 Å². The maximum atomic E-state index is 12.4. The predicted octanol–water partition coefficient (Wildman–Crippen LogP) is 2.33. The fourth-order valence-electron chi connectivity index (χ4n) is 1.94. The van der Waals surface area contributed by atoms with Crippen molar-refractivity contribution in [3.05, 3.63) is 66.1 Å². The zero-order chi connectivity index (χ0) is 14.3. The summed E-state index contributed by atoms with van der Waals surface area (Å²) < 4.78 is 1.94. The number of H-pyrrole nitrogens is 1. The van der Waals surface area contributed by atoms with Crippen LogP contribution >= 0.6 is 34.2 Å². The van der Waals surface area contributed by atoms with Crippen molar-refractivity contribution in [3.8, 4) is 5.69 Å². The van der Waals surface area contributed by atoms with E-state index >= 15 is 0 Å². The highest BCUT2D eigenvalue weighted by molar-refractivity contribution is 14.1. The number of halogens is 2. The number of hydrogen-bond acceptors (Lipinski definition) is 3. The lowest BCUT2D eigenvalue weighted by Crippen LogP contribution is -2.33. The summed E-state index contributed by atoms with van der Waals surface area (Å²) in [6.07, 6.45) is 2.94. The quantitative estimate of drug-likeness (QED) is 0.639. The van der Waals surface area contributed by atoms with Crippen LogP contribution in [0, 0.1) is 3.57 Å². The van der Waals surface area contributed by atoms with Crippen molar-refractivity contribution >= 4 is 45.1 Å². The van der Waals surface area contributed by atoms with Crippen LogP contribution in [0.2, 0.25) is 5.02 Å². The van der Waals surface area contributed by atoms with Crippen molar-refractivity contribution in [3.63, 3.8) is 0 Å². The van der Waals surface area contributed by atoms with Gasteiger partial charge in [-0.3, -0.25) is 9.78 Å².